The zero-order valence-electron chi connectivity index (χ0n) is 35.1. The highest BCUT2D eigenvalue weighted by molar-refractivity contribution is 6.30. The second-order valence-electron chi connectivity index (χ2n) is 18.8. The zero-order chi connectivity index (χ0) is 41.4. The monoisotopic (exact) mass is 822 g/mol. The highest BCUT2D eigenvalue weighted by Gasteiger charge is 2.41. The lowest BCUT2D eigenvalue weighted by atomic mass is 9.69. The van der Waals surface area contributed by atoms with Crippen molar-refractivity contribution in [3.63, 3.8) is 0 Å². The maximum Gasteiger partial charge on any atom is 0.410 e. The molecule has 1 unspecified atom stereocenters. The number of nitrogens with zero attached hydrogens (tertiary/aromatic N) is 5. The number of fused-ring (bicyclic) bond motifs is 1. The van der Waals surface area contributed by atoms with Crippen LogP contribution in [-0.4, -0.2) is 113 Å². The number of likely N-dealkylation sites (tertiary alicyclic amines) is 2. The molecule has 1 atom stereocenters. The van der Waals surface area contributed by atoms with Gasteiger partial charge in [0.25, 0.3) is 0 Å². The third-order valence-electron chi connectivity index (χ3n) is 13.2. The first-order chi connectivity index (χ1) is 28.2. The lowest BCUT2D eigenvalue weighted by Crippen LogP contribution is -2.50. The Labute approximate surface area is 353 Å². The van der Waals surface area contributed by atoms with E-state index in [0.29, 0.717) is 16.9 Å². The molecule has 0 radical (unpaired) electrons. The minimum Gasteiger partial charge on any atom is -0.478 e. The van der Waals surface area contributed by atoms with Crippen molar-refractivity contribution in [1.29, 1.82) is 0 Å². The SMILES string of the molecule is CC1(CN2CCC3(CC2)CCN(C(=O)OC(C)(C)C)CC3)CCC(c2ccc(Cl)cc2)=C(CN2CCN(c3ccc(C(=O)O)c(Oc4cnc5[nH]ccc5c4)c3)CC2)C1. The average Bonchev–Trinajstić information content (AvgIpc) is 3.67. The number of benzene rings is 2. The van der Waals surface area contributed by atoms with E-state index >= 15 is 0 Å². The molecular weight excluding hydrogens is 764 g/mol. The van der Waals surface area contributed by atoms with E-state index < -0.39 is 11.6 Å². The van der Waals surface area contributed by atoms with E-state index in [-0.39, 0.29) is 17.1 Å². The van der Waals surface area contributed by atoms with Gasteiger partial charge < -0.3 is 34.3 Å². The summed E-state index contributed by atoms with van der Waals surface area (Å²) in [7, 11) is 0. The molecule has 0 saturated carbocycles. The second kappa shape index (κ2) is 16.8. The Morgan fingerprint density at radius 2 is 1.59 bits per heavy atom. The van der Waals surface area contributed by atoms with Crippen LogP contribution in [0.15, 0.2) is 72.6 Å². The van der Waals surface area contributed by atoms with Crippen molar-refractivity contribution in [1.82, 2.24) is 24.7 Å². The molecule has 0 bridgehead atoms. The number of piperidine rings is 2. The van der Waals surface area contributed by atoms with Gasteiger partial charge in [0.1, 0.15) is 28.3 Å². The number of aromatic nitrogens is 2. The van der Waals surface area contributed by atoms with Crippen molar-refractivity contribution in [2.45, 2.75) is 78.2 Å². The van der Waals surface area contributed by atoms with Crippen LogP contribution in [0.25, 0.3) is 16.6 Å². The van der Waals surface area contributed by atoms with Gasteiger partial charge in [-0.2, -0.15) is 0 Å². The van der Waals surface area contributed by atoms with Crippen LogP contribution in [0.1, 0.15) is 88.6 Å². The molecule has 3 aliphatic heterocycles. The number of carboxylic acids is 1. The lowest BCUT2D eigenvalue weighted by Gasteiger charge is -2.49. The molecular formula is C47H59ClN6O5. The molecule has 1 amide bonds. The number of carbonyl (C=O) groups is 2. The normalized spacial score (nSPS) is 21.9. The van der Waals surface area contributed by atoms with E-state index in [1.807, 2.05) is 68.3 Å². The van der Waals surface area contributed by atoms with Crippen molar-refractivity contribution in [3.8, 4) is 11.5 Å². The molecule has 4 aliphatic rings. The largest absolute Gasteiger partial charge is 0.478 e. The number of halogens is 1. The Balaban J connectivity index is 0.903. The topological polar surface area (TPSA) is 114 Å². The Morgan fingerprint density at radius 1 is 0.881 bits per heavy atom. The average molecular weight is 823 g/mol. The van der Waals surface area contributed by atoms with E-state index in [0.717, 1.165) is 119 Å². The van der Waals surface area contributed by atoms with Gasteiger partial charge in [0.05, 0.1) is 6.20 Å². The van der Waals surface area contributed by atoms with Crippen LogP contribution in [-0.2, 0) is 4.74 Å². The molecule has 3 saturated heterocycles. The number of nitrogens with one attached hydrogen (secondary N) is 1. The van der Waals surface area contributed by atoms with Gasteiger partial charge in [0.2, 0.25) is 0 Å². The van der Waals surface area contributed by atoms with Crippen LogP contribution in [0.5, 0.6) is 11.5 Å². The quantitative estimate of drug-likeness (QED) is 0.170. The number of piperazine rings is 1. The van der Waals surface area contributed by atoms with Crippen molar-refractivity contribution < 1.29 is 24.2 Å². The molecule has 1 spiro atoms. The fourth-order valence-electron chi connectivity index (χ4n) is 9.82. The third-order valence-corrected chi connectivity index (χ3v) is 13.4. The van der Waals surface area contributed by atoms with Gasteiger partial charge in [-0.1, -0.05) is 36.2 Å². The van der Waals surface area contributed by atoms with E-state index in [1.165, 1.54) is 29.6 Å². The highest BCUT2D eigenvalue weighted by atomic mass is 35.5. The molecule has 5 heterocycles. The number of hydrogen-bond acceptors (Lipinski definition) is 8. The first kappa shape index (κ1) is 41.2. The number of ether oxygens (including phenoxy) is 2. The fourth-order valence-corrected chi connectivity index (χ4v) is 9.95. The first-order valence-corrected chi connectivity index (χ1v) is 21.7. The van der Waals surface area contributed by atoms with E-state index in [2.05, 4.69) is 43.7 Å². The Hall–Kier alpha value is -4.58. The highest BCUT2D eigenvalue weighted by Crippen LogP contribution is 2.46. The summed E-state index contributed by atoms with van der Waals surface area (Å²) in [5.74, 6) is -0.230. The molecule has 314 valence electrons. The predicted octanol–water partition coefficient (Wildman–Crippen LogP) is 9.59. The molecule has 2 N–H and O–H groups in total. The predicted molar refractivity (Wildman–Crippen MR) is 234 cm³/mol. The number of carbonyl (C=O) groups excluding carboxylic acids is 1. The van der Waals surface area contributed by atoms with Gasteiger partial charge >= 0.3 is 12.1 Å². The molecule has 4 aromatic rings. The number of pyridine rings is 1. The number of aromatic carboxylic acids is 1. The van der Waals surface area contributed by atoms with Gasteiger partial charge in [-0.25, -0.2) is 14.6 Å². The summed E-state index contributed by atoms with van der Waals surface area (Å²) >= 11 is 6.35. The van der Waals surface area contributed by atoms with Gasteiger partial charge in [0.15, 0.2) is 0 Å². The summed E-state index contributed by atoms with van der Waals surface area (Å²) in [5, 5.41) is 11.6. The standard InChI is InChI=1S/C47H59ClN6O5/c1-45(2,3)59-44(57)54-21-16-47(17-22-54)14-19-52(20-15-47)32-46(4)13-11-39(33-5-7-36(48)8-6-33)35(29-46)31-51-23-25-53(26-24-51)37-9-10-40(43(55)56)41(28-37)58-38-27-34-12-18-49-42(34)50-30-38/h5-10,12,18,27-28,30H,11,13-17,19-26,29,31-32H2,1-4H3,(H,49,50)(H,55,56). The van der Waals surface area contributed by atoms with E-state index in [9.17, 15) is 14.7 Å². The summed E-state index contributed by atoms with van der Waals surface area (Å²) in [6.45, 7) is 17.6. The number of hydrogen-bond donors (Lipinski definition) is 2. The van der Waals surface area contributed by atoms with Crippen LogP contribution in [0.4, 0.5) is 10.5 Å². The number of carboxylic acid groups (broad SMARTS) is 1. The summed E-state index contributed by atoms with van der Waals surface area (Å²) in [6.07, 6.45) is 11.0. The van der Waals surface area contributed by atoms with E-state index in [1.54, 1.807) is 12.3 Å². The molecule has 8 rings (SSSR count). The fraction of sp³-hybridized carbons (Fsp3) is 0.511. The van der Waals surface area contributed by atoms with E-state index in [4.69, 9.17) is 21.1 Å². The zero-order valence-corrected chi connectivity index (χ0v) is 35.8. The van der Waals surface area contributed by atoms with Gasteiger partial charge in [0, 0.05) is 80.7 Å². The van der Waals surface area contributed by atoms with Crippen molar-refractivity contribution in [2.24, 2.45) is 10.8 Å². The van der Waals surface area contributed by atoms with Crippen LogP contribution < -0.4 is 9.64 Å². The summed E-state index contributed by atoms with van der Waals surface area (Å²) in [4.78, 5) is 41.9. The second-order valence-corrected chi connectivity index (χ2v) is 19.2. The van der Waals surface area contributed by atoms with Crippen LogP contribution in [0.2, 0.25) is 5.02 Å². The Kier molecular flexibility index (Phi) is 11.7. The molecule has 3 fully saturated rings. The third kappa shape index (κ3) is 9.74. The molecule has 1 aliphatic carbocycles. The summed E-state index contributed by atoms with van der Waals surface area (Å²) < 4.78 is 11.8. The Morgan fingerprint density at radius 3 is 2.29 bits per heavy atom. The van der Waals surface area contributed by atoms with Crippen molar-refractivity contribution in [3.05, 3.63) is 88.7 Å². The number of amides is 1. The summed E-state index contributed by atoms with van der Waals surface area (Å²) in [6, 6.07) is 17.6. The number of anilines is 1. The maximum atomic E-state index is 12.7. The number of aromatic amines is 1. The van der Waals surface area contributed by atoms with Gasteiger partial charge in [-0.15, -0.1) is 0 Å². The minimum atomic E-state index is -1.03. The lowest BCUT2D eigenvalue weighted by molar-refractivity contribution is -0.00675. The van der Waals surface area contributed by atoms with Gasteiger partial charge in [-0.05, 0) is 137 Å². The van der Waals surface area contributed by atoms with Gasteiger partial charge in [-0.3, -0.25) is 4.90 Å². The van der Waals surface area contributed by atoms with Crippen molar-refractivity contribution >= 4 is 46.0 Å². The molecule has 12 heteroatoms. The van der Waals surface area contributed by atoms with Crippen LogP contribution >= 0.6 is 11.6 Å². The Bertz CT molecular complexity index is 2170. The van der Waals surface area contributed by atoms with Crippen molar-refractivity contribution in [2.75, 3.05) is 70.3 Å². The van der Waals surface area contributed by atoms with Crippen LogP contribution in [0.3, 0.4) is 0 Å². The molecule has 2 aromatic carbocycles. The summed E-state index contributed by atoms with van der Waals surface area (Å²) in [5.41, 5.74) is 6.15. The minimum absolute atomic E-state index is 0.119. The van der Waals surface area contributed by atoms with Crippen LogP contribution in [0, 0.1) is 10.8 Å². The molecule has 59 heavy (non-hydrogen) atoms. The molecule has 11 nitrogen and oxygen atoms in total. The number of allylic oxidation sites excluding steroid dienone is 1. The molecule has 2 aromatic heterocycles. The smallest absolute Gasteiger partial charge is 0.410 e. The first-order valence-electron chi connectivity index (χ1n) is 21.4. The number of H-pyrrole nitrogens is 1. The number of rotatable bonds is 9. The maximum absolute atomic E-state index is 12.7.